The van der Waals surface area contributed by atoms with Crippen LogP contribution in [0.25, 0.3) is 0 Å². The van der Waals surface area contributed by atoms with Gasteiger partial charge in [-0.2, -0.15) is 0 Å². The molecule has 0 aromatic carbocycles. The lowest BCUT2D eigenvalue weighted by Crippen LogP contribution is -2.66. The molecule has 5 aliphatic rings. The molecule has 7 nitrogen and oxygen atoms in total. The van der Waals surface area contributed by atoms with Crippen molar-refractivity contribution in [2.24, 2.45) is 39.9 Å². The van der Waals surface area contributed by atoms with E-state index in [1.54, 1.807) is 24.0 Å². The van der Waals surface area contributed by atoms with Gasteiger partial charge in [0.2, 0.25) is 0 Å². The molecule has 1 aliphatic heterocycles. The van der Waals surface area contributed by atoms with Crippen LogP contribution in [0.1, 0.15) is 60.8 Å². The van der Waals surface area contributed by atoms with Crippen molar-refractivity contribution in [3.8, 4) is 0 Å². The minimum absolute atomic E-state index is 0.0229. The monoisotopic (exact) mass is 487 g/mol. The van der Waals surface area contributed by atoms with Crippen LogP contribution in [0.2, 0.25) is 0 Å². The van der Waals surface area contributed by atoms with E-state index >= 15 is 0 Å². The normalized spacial score (nSPS) is 45.4. The highest BCUT2D eigenvalue weighted by Gasteiger charge is 2.76. The summed E-state index contributed by atoms with van der Waals surface area (Å²) in [4.78, 5) is 29.4. The Morgan fingerprint density at radius 3 is 2.57 bits per heavy atom. The predicted octanol–water partition coefficient (Wildman–Crippen LogP) is 3.08. The lowest BCUT2D eigenvalue weighted by atomic mass is 9.59. The number of ether oxygens (including phenoxy) is 1. The first-order valence-corrected chi connectivity index (χ1v) is 13.1. The molecule has 2 saturated carbocycles. The Morgan fingerprint density at radius 2 is 1.94 bits per heavy atom. The Kier molecular flexibility index (Phi) is 5.46. The SMILES string of the molecule is CC1=CC23C(=O)[C@@H](C=C(CO)[C@@H](O)[C@]2(O)[C@H]1OC(=O)N1CCCC(C)(C)C1)[C@H]1[C@@H](CC3C)C1(C)C. The second-order valence-electron chi connectivity index (χ2n) is 13.3. The zero-order chi connectivity index (χ0) is 25.7. The van der Waals surface area contributed by atoms with E-state index in [2.05, 4.69) is 27.7 Å². The Hall–Kier alpha value is -1.70. The summed E-state index contributed by atoms with van der Waals surface area (Å²) in [6.45, 7) is 12.9. The van der Waals surface area contributed by atoms with E-state index in [9.17, 15) is 24.9 Å². The van der Waals surface area contributed by atoms with Crippen molar-refractivity contribution in [2.75, 3.05) is 19.7 Å². The molecule has 0 aromatic rings. The Morgan fingerprint density at radius 1 is 1.26 bits per heavy atom. The van der Waals surface area contributed by atoms with Crippen molar-refractivity contribution in [3.05, 3.63) is 23.3 Å². The van der Waals surface area contributed by atoms with Crippen LogP contribution in [-0.4, -0.2) is 69.6 Å². The van der Waals surface area contributed by atoms with Gasteiger partial charge < -0.3 is 25.0 Å². The number of piperidine rings is 1. The largest absolute Gasteiger partial charge is 0.438 e. The van der Waals surface area contributed by atoms with Crippen LogP contribution in [0, 0.1) is 39.9 Å². The molecule has 1 amide bonds. The third-order valence-electron chi connectivity index (χ3n) is 10.3. The molecule has 7 heteroatoms. The fraction of sp³-hybridized carbons (Fsp3) is 0.786. The predicted molar refractivity (Wildman–Crippen MR) is 130 cm³/mol. The van der Waals surface area contributed by atoms with E-state index in [0.29, 0.717) is 24.6 Å². The maximum Gasteiger partial charge on any atom is 0.410 e. The summed E-state index contributed by atoms with van der Waals surface area (Å²) in [5.41, 5.74) is -2.73. The first-order chi connectivity index (χ1) is 16.2. The molecule has 3 N–H and O–H groups in total. The minimum Gasteiger partial charge on any atom is -0.438 e. The minimum atomic E-state index is -2.08. The number of rotatable bonds is 2. The number of hydrogen-bond donors (Lipinski definition) is 3. The van der Waals surface area contributed by atoms with Gasteiger partial charge in [-0.15, -0.1) is 0 Å². The van der Waals surface area contributed by atoms with Gasteiger partial charge in [-0.1, -0.05) is 46.8 Å². The lowest BCUT2D eigenvalue weighted by molar-refractivity contribution is -0.191. The van der Waals surface area contributed by atoms with Crippen LogP contribution in [0.4, 0.5) is 4.79 Å². The number of aliphatic hydroxyl groups excluding tert-OH is 2. The first-order valence-electron chi connectivity index (χ1n) is 13.1. The maximum absolute atomic E-state index is 14.4. The smallest absolute Gasteiger partial charge is 0.410 e. The molecule has 194 valence electrons. The van der Waals surface area contributed by atoms with Gasteiger partial charge >= 0.3 is 6.09 Å². The summed E-state index contributed by atoms with van der Waals surface area (Å²) in [5, 5.41) is 34.3. The van der Waals surface area contributed by atoms with Gasteiger partial charge in [-0.05, 0) is 65.9 Å². The molecule has 2 bridgehead atoms. The Labute approximate surface area is 208 Å². The van der Waals surface area contributed by atoms with E-state index in [4.69, 9.17) is 4.74 Å². The first kappa shape index (κ1) is 25.0. The number of amides is 1. The average molecular weight is 488 g/mol. The molecular formula is C28H41NO6. The summed E-state index contributed by atoms with van der Waals surface area (Å²) in [7, 11) is 0. The van der Waals surface area contributed by atoms with E-state index in [1.807, 2.05) is 6.92 Å². The molecule has 4 aliphatic carbocycles. The van der Waals surface area contributed by atoms with Gasteiger partial charge in [0.05, 0.1) is 12.0 Å². The van der Waals surface area contributed by atoms with Crippen LogP contribution in [0.5, 0.6) is 0 Å². The molecule has 1 spiro atoms. The van der Waals surface area contributed by atoms with Gasteiger partial charge in [-0.25, -0.2) is 4.79 Å². The van der Waals surface area contributed by atoms with Gasteiger partial charge in [0.15, 0.2) is 17.5 Å². The van der Waals surface area contributed by atoms with E-state index < -0.39 is 41.8 Å². The fourth-order valence-electron chi connectivity index (χ4n) is 8.35. The third-order valence-corrected chi connectivity index (χ3v) is 10.3. The third kappa shape index (κ3) is 3.20. The van der Waals surface area contributed by atoms with Crippen LogP contribution >= 0.6 is 0 Å². The number of nitrogens with zero attached hydrogens (tertiary/aromatic N) is 1. The summed E-state index contributed by atoms with van der Waals surface area (Å²) >= 11 is 0. The molecular weight excluding hydrogens is 446 g/mol. The number of Topliss-reactive ketones (excluding diaryl/α,β-unsaturated/α-hetero) is 1. The lowest BCUT2D eigenvalue weighted by Gasteiger charge is -2.49. The number of likely N-dealkylation sites (tertiary alicyclic amines) is 1. The number of carbonyl (C=O) groups is 2. The second kappa shape index (κ2) is 7.65. The second-order valence-corrected chi connectivity index (χ2v) is 13.3. The van der Waals surface area contributed by atoms with Crippen molar-refractivity contribution >= 4 is 11.9 Å². The maximum atomic E-state index is 14.4. The van der Waals surface area contributed by atoms with Crippen molar-refractivity contribution in [1.29, 1.82) is 0 Å². The highest BCUT2D eigenvalue weighted by atomic mass is 16.6. The highest BCUT2D eigenvalue weighted by Crippen LogP contribution is 2.71. The van der Waals surface area contributed by atoms with Gasteiger partial charge in [-0.3, -0.25) is 4.79 Å². The summed E-state index contributed by atoms with van der Waals surface area (Å²) in [5.74, 6) is -0.503. The van der Waals surface area contributed by atoms with Crippen molar-refractivity contribution in [1.82, 2.24) is 4.90 Å². The molecule has 2 unspecified atom stereocenters. The quantitative estimate of drug-likeness (QED) is 0.517. The summed E-state index contributed by atoms with van der Waals surface area (Å²) in [6, 6.07) is 0. The van der Waals surface area contributed by atoms with E-state index in [0.717, 1.165) is 19.3 Å². The Bertz CT molecular complexity index is 1010. The summed E-state index contributed by atoms with van der Waals surface area (Å²) in [6.07, 6.45) is 2.84. The average Bonchev–Trinajstić information content (AvgIpc) is 3.27. The molecule has 0 radical (unpaired) electrons. The number of fused-ring (bicyclic) bond motifs is 3. The van der Waals surface area contributed by atoms with E-state index in [1.165, 1.54) is 0 Å². The van der Waals surface area contributed by atoms with Crippen LogP contribution < -0.4 is 0 Å². The van der Waals surface area contributed by atoms with Gasteiger partial charge in [0.1, 0.15) is 6.10 Å². The zero-order valence-electron chi connectivity index (χ0n) is 21.9. The van der Waals surface area contributed by atoms with E-state index in [-0.39, 0.29) is 34.0 Å². The van der Waals surface area contributed by atoms with Crippen molar-refractivity contribution < 1.29 is 29.6 Å². The molecule has 35 heavy (non-hydrogen) atoms. The Balaban J connectivity index is 1.57. The number of carbonyl (C=O) groups excluding carboxylic acids is 2. The number of hydrogen-bond acceptors (Lipinski definition) is 6. The number of aliphatic hydroxyl groups is 3. The van der Waals surface area contributed by atoms with Gasteiger partial charge in [0, 0.05) is 19.0 Å². The zero-order valence-corrected chi connectivity index (χ0v) is 21.9. The molecule has 3 fully saturated rings. The van der Waals surface area contributed by atoms with Crippen molar-refractivity contribution in [2.45, 2.75) is 78.6 Å². The number of ketones is 1. The molecule has 1 saturated heterocycles. The number of allylic oxidation sites excluding steroid dienone is 1. The molecule has 8 atom stereocenters. The molecule has 0 aromatic heterocycles. The molecule has 1 heterocycles. The fourth-order valence-corrected chi connectivity index (χ4v) is 8.35. The van der Waals surface area contributed by atoms with Gasteiger partial charge in [0.25, 0.3) is 0 Å². The van der Waals surface area contributed by atoms with Crippen molar-refractivity contribution in [3.63, 3.8) is 0 Å². The van der Waals surface area contributed by atoms with Crippen LogP contribution in [0.3, 0.4) is 0 Å². The van der Waals surface area contributed by atoms with Crippen LogP contribution in [-0.2, 0) is 9.53 Å². The van der Waals surface area contributed by atoms with Crippen LogP contribution in [0.15, 0.2) is 23.3 Å². The highest BCUT2D eigenvalue weighted by molar-refractivity contribution is 5.95. The molecule has 5 rings (SSSR count). The standard InChI is InChI=1S/C28H41NO6/c1-15-12-27-16(2)10-19-20(26(19,5)6)18(22(27)32)11-17(13-30)21(31)28(27,34)23(15)35-24(33)29-9-7-8-25(3,4)14-29/h11-12,16,18-21,23,30-31,34H,7-10,13-14H2,1-6H3/t16?,18-,19+,20-,21+,23-,27?,28-/m0/s1. The topological polar surface area (TPSA) is 107 Å². The summed E-state index contributed by atoms with van der Waals surface area (Å²) < 4.78 is 6.00.